The fourth-order valence-electron chi connectivity index (χ4n) is 1.94. The van der Waals surface area contributed by atoms with E-state index >= 15 is 0 Å². The van der Waals surface area contributed by atoms with Gasteiger partial charge in [0.15, 0.2) is 6.61 Å². The summed E-state index contributed by atoms with van der Waals surface area (Å²) in [6, 6.07) is 10.4. The van der Waals surface area contributed by atoms with Crippen LogP contribution in [0.2, 0.25) is 15.1 Å². The number of benzene rings is 2. The Kier molecular flexibility index (Phi) is 4.61. The second kappa shape index (κ2) is 6.66. The minimum absolute atomic E-state index is 0.241. The van der Waals surface area contributed by atoms with Gasteiger partial charge in [0.25, 0.3) is 5.91 Å². The van der Waals surface area contributed by atoms with Crippen LogP contribution in [0.25, 0.3) is 11.0 Å². The van der Waals surface area contributed by atoms with Crippen LogP contribution in [-0.2, 0) is 4.79 Å². The SMILES string of the molecule is O=C(COc1cc(Cl)c(Cl)cc1Cl)Nc1nc2ccccc2[nH]1. The fraction of sp³-hybridized carbons (Fsp3) is 0.0667. The van der Waals surface area contributed by atoms with Crippen molar-refractivity contribution in [3.63, 3.8) is 0 Å². The lowest BCUT2D eigenvalue weighted by Gasteiger charge is -2.08. The van der Waals surface area contributed by atoms with E-state index < -0.39 is 0 Å². The van der Waals surface area contributed by atoms with Crippen LogP contribution in [0.4, 0.5) is 5.95 Å². The quantitative estimate of drug-likeness (QED) is 0.663. The van der Waals surface area contributed by atoms with Gasteiger partial charge >= 0.3 is 0 Å². The monoisotopic (exact) mass is 369 g/mol. The Hall–Kier alpha value is -1.95. The van der Waals surface area contributed by atoms with Gasteiger partial charge in [0.1, 0.15) is 5.75 Å². The molecule has 0 atom stereocenters. The Balaban J connectivity index is 1.64. The van der Waals surface area contributed by atoms with Crippen molar-refractivity contribution in [2.45, 2.75) is 0 Å². The second-order valence-electron chi connectivity index (χ2n) is 4.64. The maximum atomic E-state index is 11.9. The number of hydrogen-bond acceptors (Lipinski definition) is 3. The lowest BCUT2D eigenvalue weighted by Crippen LogP contribution is -2.20. The molecule has 5 nitrogen and oxygen atoms in total. The van der Waals surface area contributed by atoms with E-state index in [1.807, 2.05) is 24.3 Å². The minimum Gasteiger partial charge on any atom is -0.482 e. The lowest BCUT2D eigenvalue weighted by atomic mass is 10.3. The zero-order chi connectivity index (χ0) is 16.4. The van der Waals surface area contributed by atoms with Crippen molar-refractivity contribution in [3.8, 4) is 5.75 Å². The number of fused-ring (bicyclic) bond motifs is 1. The van der Waals surface area contributed by atoms with Crippen molar-refractivity contribution in [2.75, 3.05) is 11.9 Å². The van der Waals surface area contributed by atoms with Gasteiger partial charge in [0, 0.05) is 6.07 Å². The van der Waals surface area contributed by atoms with Crippen LogP contribution in [0.15, 0.2) is 36.4 Å². The molecule has 0 radical (unpaired) electrons. The first-order valence-corrected chi connectivity index (χ1v) is 7.68. The van der Waals surface area contributed by atoms with Gasteiger partial charge in [-0.05, 0) is 18.2 Å². The van der Waals surface area contributed by atoms with Crippen molar-refractivity contribution >= 4 is 57.7 Å². The topological polar surface area (TPSA) is 67.0 Å². The number of nitrogens with zero attached hydrogens (tertiary/aromatic N) is 1. The number of aromatic amines is 1. The molecular formula is C15H10Cl3N3O2. The van der Waals surface area contributed by atoms with Crippen LogP contribution in [0.3, 0.4) is 0 Å². The van der Waals surface area contributed by atoms with E-state index in [1.54, 1.807) is 0 Å². The molecule has 0 saturated carbocycles. The van der Waals surface area contributed by atoms with Crippen LogP contribution in [0.1, 0.15) is 0 Å². The van der Waals surface area contributed by atoms with Crippen LogP contribution in [0, 0.1) is 0 Å². The van der Waals surface area contributed by atoms with Crippen LogP contribution >= 0.6 is 34.8 Å². The largest absolute Gasteiger partial charge is 0.482 e. The van der Waals surface area contributed by atoms with Crippen LogP contribution < -0.4 is 10.1 Å². The number of para-hydroxylation sites is 2. The van der Waals surface area contributed by atoms with Crippen molar-refractivity contribution in [1.29, 1.82) is 0 Å². The van der Waals surface area contributed by atoms with E-state index in [0.717, 1.165) is 11.0 Å². The van der Waals surface area contributed by atoms with Crippen molar-refractivity contribution in [2.24, 2.45) is 0 Å². The minimum atomic E-state index is -0.383. The molecule has 3 rings (SSSR count). The molecule has 1 heterocycles. The smallest absolute Gasteiger partial charge is 0.264 e. The Morgan fingerprint density at radius 2 is 1.87 bits per heavy atom. The molecule has 0 aliphatic rings. The lowest BCUT2D eigenvalue weighted by molar-refractivity contribution is -0.118. The number of anilines is 1. The Morgan fingerprint density at radius 3 is 2.65 bits per heavy atom. The molecule has 0 aliphatic carbocycles. The number of halogens is 3. The summed E-state index contributed by atoms with van der Waals surface area (Å²) in [5.41, 5.74) is 1.59. The Labute approximate surface area is 146 Å². The molecule has 8 heteroatoms. The third kappa shape index (κ3) is 3.69. The summed E-state index contributed by atoms with van der Waals surface area (Å²) in [6.45, 7) is -0.241. The number of rotatable bonds is 4. The summed E-state index contributed by atoms with van der Waals surface area (Å²) in [4.78, 5) is 19.2. The van der Waals surface area contributed by atoms with Crippen molar-refractivity contribution < 1.29 is 9.53 Å². The normalized spacial score (nSPS) is 10.7. The molecular weight excluding hydrogens is 361 g/mol. The van der Waals surface area contributed by atoms with Gasteiger partial charge in [0.2, 0.25) is 5.95 Å². The van der Waals surface area contributed by atoms with E-state index in [1.165, 1.54) is 12.1 Å². The molecule has 0 fully saturated rings. The average Bonchev–Trinajstić information content (AvgIpc) is 2.91. The number of H-pyrrole nitrogens is 1. The van der Waals surface area contributed by atoms with Gasteiger partial charge in [-0.2, -0.15) is 0 Å². The first-order chi connectivity index (χ1) is 11.0. The number of carbonyl (C=O) groups excluding carboxylic acids is 1. The van der Waals surface area contributed by atoms with Crippen LogP contribution in [0.5, 0.6) is 5.75 Å². The summed E-state index contributed by atoms with van der Waals surface area (Å²) >= 11 is 17.7. The predicted octanol–water partition coefficient (Wildman–Crippen LogP) is 4.54. The van der Waals surface area contributed by atoms with E-state index in [4.69, 9.17) is 39.5 Å². The summed E-state index contributed by atoms with van der Waals surface area (Å²) in [6.07, 6.45) is 0. The highest BCUT2D eigenvalue weighted by Crippen LogP contribution is 2.33. The first-order valence-electron chi connectivity index (χ1n) is 6.55. The molecule has 2 aromatic carbocycles. The van der Waals surface area contributed by atoms with E-state index in [0.29, 0.717) is 16.0 Å². The molecule has 23 heavy (non-hydrogen) atoms. The molecule has 0 aliphatic heterocycles. The molecule has 3 aromatic rings. The maximum absolute atomic E-state index is 11.9. The van der Waals surface area contributed by atoms with Gasteiger partial charge in [-0.1, -0.05) is 46.9 Å². The Bertz CT molecular complexity index is 847. The van der Waals surface area contributed by atoms with Gasteiger partial charge < -0.3 is 9.72 Å². The molecule has 0 bridgehead atoms. The predicted molar refractivity (Wildman–Crippen MR) is 91.7 cm³/mol. The zero-order valence-electron chi connectivity index (χ0n) is 11.6. The standard InChI is InChI=1S/C15H10Cl3N3O2/c16-8-5-10(18)13(6-9(8)17)23-7-14(22)21-15-19-11-3-1-2-4-12(11)20-15/h1-6H,7H2,(H2,19,20,21,22). The van der Waals surface area contributed by atoms with Gasteiger partial charge in [0.05, 0.1) is 26.1 Å². The number of amides is 1. The zero-order valence-corrected chi connectivity index (χ0v) is 13.8. The number of imidazole rings is 1. The second-order valence-corrected chi connectivity index (χ2v) is 5.86. The Morgan fingerprint density at radius 1 is 1.13 bits per heavy atom. The average molecular weight is 371 g/mol. The number of aromatic nitrogens is 2. The van der Waals surface area contributed by atoms with Crippen molar-refractivity contribution in [3.05, 3.63) is 51.5 Å². The van der Waals surface area contributed by atoms with E-state index in [9.17, 15) is 4.79 Å². The molecule has 2 N–H and O–H groups in total. The van der Waals surface area contributed by atoms with Gasteiger partial charge in [-0.15, -0.1) is 0 Å². The third-order valence-corrected chi connectivity index (χ3v) is 4.00. The number of nitrogens with one attached hydrogen (secondary N) is 2. The van der Waals surface area contributed by atoms with Gasteiger partial charge in [-0.25, -0.2) is 4.98 Å². The molecule has 0 spiro atoms. The summed E-state index contributed by atoms with van der Waals surface area (Å²) in [5.74, 6) is 0.243. The highest BCUT2D eigenvalue weighted by atomic mass is 35.5. The highest BCUT2D eigenvalue weighted by Gasteiger charge is 2.11. The molecule has 118 valence electrons. The van der Waals surface area contributed by atoms with E-state index in [-0.39, 0.29) is 23.3 Å². The first kappa shape index (κ1) is 15.9. The molecule has 1 amide bonds. The fourth-order valence-corrected chi connectivity index (χ4v) is 2.53. The summed E-state index contributed by atoms with van der Waals surface area (Å²) < 4.78 is 5.35. The van der Waals surface area contributed by atoms with Crippen LogP contribution in [-0.4, -0.2) is 22.5 Å². The summed E-state index contributed by atoms with van der Waals surface area (Å²) in [7, 11) is 0. The third-order valence-electron chi connectivity index (χ3n) is 2.98. The number of ether oxygens (including phenoxy) is 1. The van der Waals surface area contributed by atoms with Gasteiger partial charge in [-0.3, -0.25) is 10.1 Å². The highest BCUT2D eigenvalue weighted by molar-refractivity contribution is 6.43. The number of carbonyl (C=O) groups is 1. The van der Waals surface area contributed by atoms with Crippen molar-refractivity contribution in [1.82, 2.24) is 9.97 Å². The van der Waals surface area contributed by atoms with E-state index in [2.05, 4.69) is 15.3 Å². The maximum Gasteiger partial charge on any atom is 0.264 e. The number of hydrogen-bond donors (Lipinski definition) is 2. The molecule has 1 aromatic heterocycles. The molecule has 0 unspecified atom stereocenters. The summed E-state index contributed by atoms with van der Waals surface area (Å²) in [5, 5.41) is 3.50. The molecule has 0 saturated heterocycles.